The van der Waals surface area contributed by atoms with Crippen LogP contribution in [0.5, 0.6) is 0 Å². The van der Waals surface area contributed by atoms with Crippen molar-refractivity contribution in [2.45, 2.75) is 63.5 Å². The Morgan fingerprint density at radius 3 is 1.18 bits per heavy atom. The van der Waals surface area contributed by atoms with Gasteiger partial charge >= 0.3 is 18.6 Å². The van der Waals surface area contributed by atoms with Gasteiger partial charge in [-0.2, -0.15) is 0 Å². The van der Waals surface area contributed by atoms with Crippen LogP contribution in [0.15, 0.2) is 0 Å². The number of nitrogens with zero attached hydrogens (tertiary/aromatic N) is 2. The molecule has 2 atom stereocenters. The van der Waals surface area contributed by atoms with Crippen LogP contribution in [0.3, 0.4) is 0 Å². The smallest absolute Gasteiger partial charge is 0.323 e. The Morgan fingerprint density at radius 1 is 0.571 bits per heavy atom. The quantitative estimate of drug-likeness (QED) is 0.229. The van der Waals surface area contributed by atoms with Crippen molar-refractivity contribution in [3.05, 3.63) is 0 Å². The van der Waals surface area contributed by atoms with Gasteiger partial charge in [-0.15, -0.1) is 0 Å². The molecule has 0 saturated heterocycles. The predicted molar refractivity (Wildman–Crippen MR) is 124 cm³/mol. The second-order valence-corrected chi connectivity index (χ2v) is 13.9. The zero-order valence-corrected chi connectivity index (χ0v) is 22.2. The zero-order chi connectivity index (χ0) is 21.4. The van der Waals surface area contributed by atoms with Crippen LogP contribution in [-0.2, 0) is 17.7 Å². The van der Waals surface area contributed by atoms with Gasteiger partial charge in [0.15, 0.2) is 0 Å². The average molecular weight is 437 g/mol. The van der Waals surface area contributed by atoms with Crippen molar-refractivity contribution in [2.75, 3.05) is 68.7 Å². The number of rotatable bonds is 19. The van der Waals surface area contributed by atoms with Crippen molar-refractivity contribution in [1.82, 2.24) is 9.80 Å². The summed E-state index contributed by atoms with van der Waals surface area (Å²) in [4.78, 5) is 4.90. The van der Waals surface area contributed by atoms with Crippen molar-refractivity contribution < 1.29 is 17.7 Å². The third kappa shape index (κ3) is 13.4. The summed E-state index contributed by atoms with van der Waals surface area (Å²) in [7, 11) is 8.63. The topological polar surface area (TPSA) is 43.4 Å². The Balaban J connectivity index is 3.67. The molecule has 0 N–H and O–H groups in total. The zero-order valence-electron chi connectivity index (χ0n) is 19.9. The molecular weight excluding hydrogens is 388 g/mol. The predicted octanol–water partition coefficient (Wildman–Crippen LogP) is 3.00. The van der Waals surface area contributed by atoms with Crippen LogP contribution < -0.4 is 0 Å². The maximum Gasteiger partial charge on any atom is 0.323 e. The van der Waals surface area contributed by atoms with E-state index in [0.29, 0.717) is 11.1 Å². The molecule has 0 aromatic carbocycles. The average Bonchev–Trinajstić information content (AvgIpc) is 2.69. The summed E-state index contributed by atoms with van der Waals surface area (Å²) in [6, 6.07) is 0. The van der Waals surface area contributed by atoms with Crippen molar-refractivity contribution in [1.29, 1.82) is 0 Å². The fraction of sp³-hybridized carbons (Fsp3) is 1.00. The first-order valence-corrected chi connectivity index (χ1v) is 14.1. The van der Waals surface area contributed by atoms with Crippen LogP contribution in [-0.4, -0.2) is 97.1 Å². The molecule has 0 heterocycles. The SMILES string of the molecule is CO[SiH](OC)C(C)CCN(C)CCCCCCN(C)CCC(C)[SiH](OC)OC. The lowest BCUT2D eigenvalue weighted by atomic mass is 10.1. The molecule has 0 radical (unpaired) electrons. The second-order valence-electron chi connectivity index (χ2n) is 8.23. The third-order valence-electron chi connectivity index (χ3n) is 5.62. The van der Waals surface area contributed by atoms with E-state index >= 15 is 0 Å². The van der Waals surface area contributed by atoms with Crippen LogP contribution in [0.4, 0.5) is 0 Å². The Labute approximate surface area is 178 Å². The van der Waals surface area contributed by atoms with Gasteiger partial charge in [0.25, 0.3) is 0 Å². The van der Waals surface area contributed by atoms with Gasteiger partial charge in [-0.05, 0) is 77.0 Å². The summed E-state index contributed by atoms with van der Waals surface area (Å²) in [5, 5.41) is 0. The standard InChI is InChI=1S/C20H48N2O4Si2/c1-19(27(23-5)24-6)13-17-21(3)15-11-9-10-12-16-22(4)18-14-20(2)28(25-7)26-8/h19-20,27-28H,9-18H2,1-8H3. The van der Waals surface area contributed by atoms with Gasteiger partial charge in [0.2, 0.25) is 0 Å². The van der Waals surface area contributed by atoms with Gasteiger partial charge in [-0.1, -0.05) is 26.7 Å². The van der Waals surface area contributed by atoms with E-state index < -0.39 is 18.6 Å². The Kier molecular flexibility index (Phi) is 18.1. The molecule has 2 unspecified atom stereocenters. The third-order valence-corrected chi connectivity index (χ3v) is 10.0. The van der Waals surface area contributed by atoms with Crippen LogP contribution in [0, 0.1) is 0 Å². The molecular formula is C20H48N2O4Si2. The molecule has 0 spiro atoms. The Hall–Kier alpha value is 0.194. The highest BCUT2D eigenvalue weighted by molar-refractivity contribution is 6.46. The molecule has 0 aromatic heterocycles. The van der Waals surface area contributed by atoms with Crippen LogP contribution in [0.25, 0.3) is 0 Å². The molecule has 0 bridgehead atoms. The van der Waals surface area contributed by atoms with E-state index in [1.54, 1.807) is 28.4 Å². The van der Waals surface area contributed by atoms with Gasteiger partial charge in [-0.3, -0.25) is 0 Å². The second kappa shape index (κ2) is 18.0. The Bertz CT molecular complexity index is 316. The molecule has 0 aliphatic rings. The molecule has 170 valence electrons. The van der Waals surface area contributed by atoms with Gasteiger partial charge in [0.05, 0.1) is 0 Å². The lowest BCUT2D eigenvalue weighted by molar-refractivity contribution is 0.253. The first kappa shape index (κ1) is 28.2. The van der Waals surface area contributed by atoms with Crippen LogP contribution >= 0.6 is 0 Å². The first-order chi connectivity index (χ1) is 13.4. The summed E-state index contributed by atoms with van der Waals surface area (Å²) in [5.41, 5.74) is 1.11. The highest BCUT2D eigenvalue weighted by Gasteiger charge is 2.20. The normalized spacial score (nSPS) is 14.6. The van der Waals surface area contributed by atoms with E-state index in [9.17, 15) is 0 Å². The van der Waals surface area contributed by atoms with E-state index in [1.807, 2.05) is 0 Å². The van der Waals surface area contributed by atoms with Crippen molar-refractivity contribution in [2.24, 2.45) is 0 Å². The molecule has 0 aliphatic carbocycles. The van der Waals surface area contributed by atoms with Gasteiger partial charge in [0, 0.05) is 28.4 Å². The maximum absolute atomic E-state index is 5.48. The largest absolute Gasteiger partial charge is 0.400 e. The minimum absolute atomic E-state index is 0.557. The minimum atomic E-state index is -1.46. The lowest BCUT2D eigenvalue weighted by Crippen LogP contribution is -2.29. The molecule has 0 aliphatic heterocycles. The molecule has 0 saturated carbocycles. The van der Waals surface area contributed by atoms with Crippen LogP contribution in [0.2, 0.25) is 11.1 Å². The summed E-state index contributed by atoms with van der Waals surface area (Å²) in [5.74, 6) is 0. The van der Waals surface area contributed by atoms with Crippen molar-refractivity contribution >= 4 is 18.6 Å². The summed E-state index contributed by atoms with van der Waals surface area (Å²) in [6.45, 7) is 9.14. The van der Waals surface area contributed by atoms with Crippen molar-refractivity contribution in [3.63, 3.8) is 0 Å². The van der Waals surface area contributed by atoms with Crippen LogP contribution in [0.1, 0.15) is 52.4 Å². The molecule has 0 rings (SSSR count). The number of hydrogen-bond acceptors (Lipinski definition) is 6. The van der Waals surface area contributed by atoms with Gasteiger partial charge in [-0.25, -0.2) is 0 Å². The monoisotopic (exact) mass is 436 g/mol. The highest BCUT2D eigenvalue weighted by atomic mass is 28.3. The van der Waals surface area contributed by atoms with Gasteiger partial charge in [0.1, 0.15) is 0 Å². The molecule has 0 fully saturated rings. The van der Waals surface area contributed by atoms with E-state index in [-0.39, 0.29) is 0 Å². The summed E-state index contributed by atoms with van der Waals surface area (Å²) >= 11 is 0. The molecule has 0 aromatic rings. The molecule has 8 heteroatoms. The fourth-order valence-electron chi connectivity index (χ4n) is 3.58. The fourth-order valence-corrected chi connectivity index (χ4v) is 6.67. The molecule has 6 nitrogen and oxygen atoms in total. The van der Waals surface area contributed by atoms with Crippen molar-refractivity contribution in [3.8, 4) is 0 Å². The maximum atomic E-state index is 5.48. The van der Waals surface area contributed by atoms with E-state index in [2.05, 4.69) is 37.7 Å². The summed E-state index contributed by atoms with van der Waals surface area (Å²) in [6.07, 6.45) is 7.54. The molecule has 28 heavy (non-hydrogen) atoms. The summed E-state index contributed by atoms with van der Waals surface area (Å²) < 4.78 is 21.9. The minimum Gasteiger partial charge on any atom is -0.400 e. The molecule has 0 amide bonds. The lowest BCUT2D eigenvalue weighted by Gasteiger charge is -2.23. The van der Waals surface area contributed by atoms with E-state index in [4.69, 9.17) is 17.7 Å². The number of unbranched alkanes of at least 4 members (excludes halogenated alkanes) is 3. The van der Waals surface area contributed by atoms with E-state index in [0.717, 1.165) is 25.9 Å². The highest BCUT2D eigenvalue weighted by Crippen LogP contribution is 2.17. The Morgan fingerprint density at radius 2 is 0.893 bits per heavy atom. The number of hydrogen-bond donors (Lipinski definition) is 0. The first-order valence-electron chi connectivity index (χ1n) is 10.9. The van der Waals surface area contributed by atoms with Gasteiger partial charge < -0.3 is 27.5 Å². The van der Waals surface area contributed by atoms with E-state index in [1.165, 1.54) is 38.8 Å².